The summed E-state index contributed by atoms with van der Waals surface area (Å²) in [6.45, 7) is 8.71. The normalized spacial score (nSPS) is 25.7. The highest BCUT2D eigenvalue weighted by atomic mass is 32.2. The van der Waals surface area contributed by atoms with Gasteiger partial charge in [0.15, 0.2) is 5.96 Å². The van der Waals surface area contributed by atoms with Crippen LogP contribution < -0.4 is 5.32 Å². The van der Waals surface area contributed by atoms with Gasteiger partial charge in [-0.3, -0.25) is 4.99 Å². The molecule has 0 amide bonds. The fourth-order valence-corrected chi connectivity index (χ4v) is 4.86. The minimum absolute atomic E-state index is 0.0930. The van der Waals surface area contributed by atoms with Crippen molar-refractivity contribution in [2.24, 2.45) is 10.4 Å². The first-order valence-corrected chi connectivity index (χ1v) is 10.1. The summed E-state index contributed by atoms with van der Waals surface area (Å²) in [5.74, 6) is 0.888. The first-order chi connectivity index (χ1) is 11.0. The third kappa shape index (κ3) is 4.36. The number of hydrogen-bond donors (Lipinski definition) is 1. The van der Waals surface area contributed by atoms with Crippen LogP contribution in [0.2, 0.25) is 0 Å². The van der Waals surface area contributed by atoms with Crippen LogP contribution in [0, 0.1) is 5.41 Å². The van der Waals surface area contributed by atoms with Gasteiger partial charge in [-0.25, -0.2) is 12.7 Å². The highest BCUT2D eigenvalue weighted by Crippen LogP contribution is 2.38. The molecule has 2 aliphatic rings. The van der Waals surface area contributed by atoms with E-state index >= 15 is 0 Å². The summed E-state index contributed by atoms with van der Waals surface area (Å²) in [7, 11) is -1.45. The molecule has 1 unspecified atom stereocenters. The van der Waals surface area contributed by atoms with Gasteiger partial charge in [0.1, 0.15) is 0 Å². The molecule has 7 nitrogen and oxygen atoms in total. The molecular formula is C15H30N4O3S. The number of rotatable bonds is 6. The molecule has 0 bridgehead atoms. The molecule has 0 aliphatic carbocycles. The standard InChI is InChI=1S/C15H30N4O3S/c1-4-19(5-2)23(20,21)11-8-17-14(16-3)18-9-6-15(12-18)7-10-22-13-15/h4-13H2,1-3H3,(H,16,17). The van der Waals surface area contributed by atoms with Crippen molar-refractivity contribution in [1.29, 1.82) is 0 Å². The van der Waals surface area contributed by atoms with Crippen molar-refractivity contribution in [2.75, 3.05) is 58.7 Å². The van der Waals surface area contributed by atoms with Crippen LogP contribution in [0.5, 0.6) is 0 Å². The molecule has 2 fully saturated rings. The number of nitrogens with zero attached hydrogens (tertiary/aromatic N) is 3. The molecule has 2 saturated heterocycles. The van der Waals surface area contributed by atoms with Crippen LogP contribution >= 0.6 is 0 Å². The predicted octanol–water partition coefficient (Wildman–Crippen LogP) is 0.346. The molecule has 2 rings (SSSR count). The van der Waals surface area contributed by atoms with Crippen LogP contribution in [-0.2, 0) is 14.8 Å². The summed E-state index contributed by atoms with van der Waals surface area (Å²) in [6, 6.07) is 0. The lowest BCUT2D eigenvalue weighted by atomic mass is 9.87. The van der Waals surface area contributed by atoms with Gasteiger partial charge < -0.3 is 15.0 Å². The quantitative estimate of drug-likeness (QED) is 0.555. The Bertz CT molecular complexity index is 511. The Morgan fingerprint density at radius 1 is 1.35 bits per heavy atom. The molecule has 1 N–H and O–H groups in total. The monoisotopic (exact) mass is 346 g/mol. The highest BCUT2D eigenvalue weighted by molar-refractivity contribution is 7.89. The van der Waals surface area contributed by atoms with E-state index in [-0.39, 0.29) is 11.2 Å². The second-order valence-corrected chi connectivity index (χ2v) is 8.44. The second kappa shape index (κ2) is 7.81. The van der Waals surface area contributed by atoms with Crippen LogP contribution in [0.15, 0.2) is 4.99 Å². The highest BCUT2D eigenvalue weighted by Gasteiger charge is 2.42. The van der Waals surface area contributed by atoms with E-state index in [1.165, 1.54) is 4.31 Å². The Morgan fingerprint density at radius 2 is 2.09 bits per heavy atom. The molecule has 2 aliphatic heterocycles. The Labute approximate surface area is 140 Å². The van der Waals surface area contributed by atoms with Gasteiger partial charge in [0.05, 0.1) is 12.4 Å². The molecule has 0 saturated carbocycles. The lowest BCUT2D eigenvalue weighted by Crippen LogP contribution is -2.44. The maximum atomic E-state index is 12.2. The predicted molar refractivity (Wildman–Crippen MR) is 92.1 cm³/mol. The van der Waals surface area contributed by atoms with Gasteiger partial charge in [-0.1, -0.05) is 13.8 Å². The molecule has 1 atom stereocenters. The molecule has 2 heterocycles. The molecule has 1 spiro atoms. The zero-order valence-corrected chi connectivity index (χ0v) is 15.4. The Morgan fingerprint density at radius 3 is 2.65 bits per heavy atom. The minimum atomic E-state index is -3.19. The smallest absolute Gasteiger partial charge is 0.215 e. The summed E-state index contributed by atoms with van der Waals surface area (Å²) < 4.78 is 31.5. The first kappa shape index (κ1) is 18.5. The maximum absolute atomic E-state index is 12.2. The lowest BCUT2D eigenvalue weighted by Gasteiger charge is -2.25. The number of guanidine groups is 1. The van der Waals surface area contributed by atoms with E-state index in [1.54, 1.807) is 7.05 Å². The average Bonchev–Trinajstić information content (AvgIpc) is 3.15. The van der Waals surface area contributed by atoms with E-state index < -0.39 is 10.0 Å². The number of hydrogen-bond acceptors (Lipinski definition) is 4. The topological polar surface area (TPSA) is 74.2 Å². The fourth-order valence-electron chi connectivity index (χ4n) is 3.46. The van der Waals surface area contributed by atoms with E-state index in [4.69, 9.17) is 4.74 Å². The van der Waals surface area contributed by atoms with Crippen LogP contribution in [-0.4, -0.2) is 82.3 Å². The number of likely N-dealkylation sites (tertiary alicyclic amines) is 1. The molecular weight excluding hydrogens is 316 g/mol. The molecule has 0 aromatic heterocycles. The zero-order chi connectivity index (χ0) is 16.9. The van der Waals surface area contributed by atoms with Gasteiger partial charge >= 0.3 is 0 Å². The van der Waals surface area contributed by atoms with Crippen molar-refractivity contribution in [3.05, 3.63) is 0 Å². The fraction of sp³-hybridized carbons (Fsp3) is 0.933. The summed E-state index contributed by atoms with van der Waals surface area (Å²) in [6.07, 6.45) is 2.22. The van der Waals surface area contributed by atoms with Crippen molar-refractivity contribution >= 4 is 16.0 Å². The minimum Gasteiger partial charge on any atom is -0.381 e. The van der Waals surface area contributed by atoms with E-state index in [0.29, 0.717) is 19.6 Å². The van der Waals surface area contributed by atoms with E-state index in [0.717, 1.165) is 45.1 Å². The van der Waals surface area contributed by atoms with Crippen molar-refractivity contribution in [2.45, 2.75) is 26.7 Å². The first-order valence-electron chi connectivity index (χ1n) is 8.47. The molecule has 134 valence electrons. The zero-order valence-electron chi connectivity index (χ0n) is 14.5. The van der Waals surface area contributed by atoms with Crippen molar-refractivity contribution in [1.82, 2.24) is 14.5 Å². The summed E-state index contributed by atoms with van der Waals surface area (Å²) in [5.41, 5.74) is 0.269. The molecule has 0 aromatic carbocycles. The Kier molecular flexibility index (Phi) is 6.27. The summed E-state index contributed by atoms with van der Waals surface area (Å²) >= 11 is 0. The van der Waals surface area contributed by atoms with Crippen LogP contribution in [0.1, 0.15) is 26.7 Å². The SMILES string of the molecule is CCN(CC)S(=O)(=O)CCNC(=NC)N1CCC2(CCOC2)C1. The van der Waals surface area contributed by atoms with Gasteiger partial charge in [0, 0.05) is 51.8 Å². The molecule has 0 aromatic rings. The number of sulfonamides is 1. The van der Waals surface area contributed by atoms with E-state index in [1.807, 2.05) is 13.8 Å². The number of ether oxygens (including phenoxy) is 1. The lowest BCUT2D eigenvalue weighted by molar-refractivity contribution is 0.156. The third-order valence-electron chi connectivity index (χ3n) is 4.88. The average molecular weight is 346 g/mol. The van der Waals surface area contributed by atoms with Crippen molar-refractivity contribution < 1.29 is 13.2 Å². The van der Waals surface area contributed by atoms with Crippen LogP contribution in [0.4, 0.5) is 0 Å². The maximum Gasteiger partial charge on any atom is 0.215 e. The van der Waals surface area contributed by atoms with E-state index in [2.05, 4.69) is 15.2 Å². The summed E-state index contributed by atoms with van der Waals surface area (Å²) in [5, 5.41) is 3.21. The van der Waals surface area contributed by atoms with E-state index in [9.17, 15) is 8.42 Å². The molecule has 8 heteroatoms. The van der Waals surface area contributed by atoms with Gasteiger partial charge in [-0.05, 0) is 12.8 Å². The second-order valence-electron chi connectivity index (χ2n) is 6.35. The summed E-state index contributed by atoms with van der Waals surface area (Å²) in [4.78, 5) is 6.53. The van der Waals surface area contributed by atoms with Gasteiger partial charge in [-0.2, -0.15) is 0 Å². The van der Waals surface area contributed by atoms with Crippen LogP contribution in [0.25, 0.3) is 0 Å². The van der Waals surface area contributed by atoms with Gasteiger partial charge in [0.25, 0.3) is 0 Å². The van der Waals surface area contributed by atoms with Crippen LogP contribution in [0.3, 0.4) is 0 Å². The van der Waals surface area contributed by atoms with Crippen molar-refractivity contribution in [3.8, 4) is 0 Å². The Hall–Kier alpha value is -0.860. The van der Waals surface area contributed by atoms with Gasteiger partial charge in [-0.15, -0.1) is 0 Å². The Balaban J connectivity index is 1.84. The molecule has 23 heavy (non-hydrogen) atoms. The largest absolute Gasteiger partial charge is 0.381 e. The number of nitrogens with one attached hydrogen (secondary N) is 1. The number of aliphatic imine (C=N–C) groups is 1. The third-order valence-corrected chi connectivity index (χ3v) is 6.90. The molecule has 0 radical (unpaired) electrons. The van der Waals surface area contributed by atoms with Gasteiger partial charge in [0.2, 0.25) is 10.0 Å². The van der Waals surface area contributed by atoms with Crippen molar-refractivity contribution in [3.63, 3.8) is 0 Å².